The van der Waals surface area contributed by atoms with Crippen molar-refractivity contribution in [3.63, 3.8) is 0 Å². The van der Waals surface area contributed by atoms with E-state index in [0.29, 0.717) is 26.1 Å². The van der Waals surface area contributed by atoms with Gasteiger partial charge in [-0.1, -0.05) is 12.1 Å². The molecule has 4 atom stereocenters. The first-order chi connectivity index (χ1) is 11.1. The molecular formula is C17H23FN2O3. The highest BCUT2D eigenvalue weighted by Gasteiger charge is 2.36. The van der Waals surface area contributed by atoms with Crippen molar-refractivity contribution in [3.05, 3.63) is 35.6 Å². The highest BCUT2D eigenvalue weighted by Crippen LogP contribution is 2.28. The average Bonchev–Trinajstić information content (AvgIpc) is 3.03. The zero-order valence-corrected chi connectivity index (χ0v) is 13.3. The third-order valence-electron chi connectivity index (χ3n) is 4.46. The highest BCUT2D eigenvalue weighted by molar-refractivity contribution is 5.81. The van der Waals surface area contributed by atoms with Gasteiger partial charge in [0.25, 0.3) is 5.91 Å². The standard InChI is InChI=1S/C17H23FN2O3/c1-11-9-20(17(21)15-7-6-14(8-19)23-15)10-16(22-11)12-2-4-13(18)5-3-12/h2-5,11,14-16H,6-10,19H2,1H3/t11?,14-,15+,16?/m1/s1. The average molecular weight is 322 g/mol. The SMILES string of the molecule is CC1CN(C(=O)[C@@H]2CC[C@H](CN)O2)CC(c2ccc(F)cc2)O1. The summed E-state index contributed by atoms with van der Waals surface area (Å²) in [5, 5.41) is 0. The topological polar surface area (TPSA) is 64.8 Å². The van der Waals surface area contributed by atoms with Gasteiger partial charge in [0.05, 0.1) is 18.8 Å². The number of halogens is 1. The zero-order chi connectivity index (χ0) is 16.4. The van der Waals surface area contributed by atoms with E-state index in [0.717, 1.165) is 12.0 Å². The van der Waals surface area contributed by atoms with Gasteiger partial charge in [-0.3, -0.25) is 4.79 Å². The fourth-order valence-corrected chi connectivity index (χ4v) is 3.26. The van der Waals surface area contributed by atoms with Gasteiger partial charge >= 0.3 is 0 Å². The molecule has 0 radical (unpaired) electrons. The second-order valence-corrected chi connectivity index (χ2v) is 6.29. The van der Waals surface area contributed by atoms with Crippen LogP contribution in [0.4, 0.5) is 4.39 Å². The van der Waals surface area contributed by atoms with E-state index in [1.54, 1.807) is 17.0 Å². The number of ether oxygens (including phenoxy) is 2. The minimum atomic E-state index is -0.400. The van der Waals surface area contributed by atoms with E-state index in [4.69, 9.17) is 15.2 Å². The summed E-state index contributed by atoms with van der Waals surface area (Å²) in [4.78, 5) is 14.5. The molecule has 2 fully saturated rings. The number of carbonyl (C=O) groups excluding carboxylic acids is 1. The summed E-state index contributed by atoms with van der Waals surface area (Å²) in [6, 6.07) is 6.24. The predicted octanol–water partition coefficient (Wildman–Crippen LogP) is 1.62. The molecular weight excluding hydrogens is 299 g/mol. The van der Waals surface area contributed by atoms with Crippen molar-refractivity contribution in [3.8, 4) is 0 Å². The minimum Gasteiger partial charge on any atom is -0.367 e. The summed E-state index contributed by atoms with van der Waals surface area (Å²) in [5.41, 5.74) is 6.48. The normalized spacial score (nSPS) is 31.3. The number of nitrogens with zero attached hydrogens (tertiary/aromatic N) is 1. The first-order valence-corrected chi connectivity index (χ1v) is 8.12. The Bertz CT molecular complexity index is 551. The van der Waals surface area contributed by atoms with Crippen LogP contribution in [0.25, 0.3) is 0 Å². The summed E-state index contributed by atoms with van der Waals surface area (Å²) in [7, 11) is 0. The Labute approximate surface area is 135 Å². The third kappa shape index (κ3) is 3.71. The number of nitrogens with two attached hydrogens (primary N) is 1. The number of rotatable bonds is 3. The van der Waals surface area contributed by atoms with Gasteiger partial charge in [-0.15, -0.1) is 0 Å². The third-order valence-corrected chi connectivity index (χ3v) is 4.46. The van der Waals surface area contributed by atoms with Crippen LogP contribution in [0.5, 0.6) is 0 Å². The summed E-state index contributed by atoms with van der Waals surface area (Å²) >= 11 is 0. The van der Waals surface area contributed by atoms with Gasteiger partial charge in [-0.05, 0) is 37.5 Å². The van der Waals surface area contributed by atoms with E-state index in [9.17, 15) is 9.18 Å². The van der Waals surface area contributed by atoms with Crippen molar-refractivity contribution in [2.45, 2.75) is 44.2 Å². The molecule has 0 aromatic heterocycles. The van der Waals surface area contributed by atoms with Crippen molar-refractivity contribution >= 4 is 5.91 Å². The van der Waals surface area contributed by atoms with Crippen LogP contribution in [0.2, 0.25) is 0 Å². The van der Waals surface area contributed by atoms with Gasteiger partial charge in [-0.2, -0.15) is 0 Å². The number of hydrogen-bond acceptors (Lipinski definition) is 4. The van der Waals surface area contributed by atoms with Gasteiger partial charge in [-0.25, -0.2) is 4.39 Å². The second-order valence-electron chi connectivity index (χ2n) is 6.29. The maximum Gasteiger partial charge on any atom is 0.251 e. The Hall–Kier alpha value is -1.50. The monoisotopic (exact) mass is 322 g/mol. The lowest BCUT2D eigenvalue weighted by Gasteiger charge is -2.38. The second kappa shape index (κ2) is 6.95. The summed E-state index contributed by atoms with van der Waals surface area (Å²) < 4.78 is 24.7. The Morgan fingerprint density at radius 1 is 1.26 bits per heavy atom. The van der Waals surface area contributed by atoms with Crippen molar-refractivity contribution < 1.29 is 18.7 Å². The first-order valence-electron chi connectivity index (χ1n) is 8.12. The van der Waals surface area contributed by atoms with E-state index in [2.05, 4.69) is 0 Å². The largest absolute Gasteiger partial charge is 0.367 e. The van der Waals surface area contributed by atoms with Gasteiger partial charge in [0.1, 0.15) is 18.0 Å². The molecule has 2 aliphatic rings. The van der Waals surface area contributed by atoms with Crippen LogP contribution in [0.1, 0.15) is 31.4 Å². The molecule has 2 N–H and O–H groups in total. The summed E-state index contributed by atoms with van der Waals surface area (Å²) in [6.45, 7) is 3.39. The van der Waals surface area contributed by atoms with Crippen LogP contribution in [-0.4, -0.2) is 48.8 Å². The first kappa shape index (κ1) is 16.4. The maximum absolute atomic E-state index is 13.1. The van der Waals surface area contributed by atoms with E-state index in [1.165, 1.54) is 12.1 Å². The van der Waals surface area contributed by atoms with E-state index < -0.39 is 6.10 Å². The van der Waals surface area contributed by atoms with Gasteiger partial charge < -0.3 is 20.1 Å². The molecule has 0 saturated carbocycles. The highest BCUT2D eigenvalue weighted by atomic mass is 19.1. The minimum absolute atomic E-state index is 0.00297. The molecule has 1 aromatic rings. The lowest BCUT2D eigenvalue weighted by Crippen LogP contribution is -2.49. The fourth-order valence-electron chi connectivity index (χ4n) is 3.26. The Morgan fingerprint density at radius 3 is 2.65 bits per heavy atom. The molecule has 3 rings (SSSR count). The van der Waals surface area contributed by atoms with Crippen molar-refractivity contribution in [2.75, 3.05) is 19.6 Å². The number of morpholine rings is 1. The molecule has 2 heterocycles. The smallest absolute Gasteiger partial charge is 0.251 e. The van der Waals surface area contributed by atoms with E-state index in [1.807, 2.05) is 6.92 Å². The molecule has 1 aromatic carbocycles. The molecule has 6 heteroatoms. The molecule has 23 heavy (non-hydrogen) atoms. The van der Waals surface area contributed by atoms with Crippen LogP contribution in [0.15, 0.2) is 24.3 Å². The van der Waals surface area contributed by atoms with Gasteiger partial charge in [0.15, 0.2) is 0 Å². The predicted molar refractivity (Wildman–Crippen MR) is 83.2 cm³/mol. The summed E-state index contributed by atoms with van der Waals surface area (Å²) in [5.74, 6) is -0.277. The van der Waals surface area contributed by atoms with E-state index in [-0.39, 0.29) is 30.0 Å². The fraction of sp³-hybridized carbons (Fsp3) is 0.588. The Kier molecular flexibility index (Phi) is 4.94. The Morgan fingerprint density at radius 2 is 2.00 bits per heavy atom. The van der Waals surface area contributed by atoms with E-state index >= 15 is 0 Å². The van der Waals surface area contributed by atoms with Gasteiger partial charge in [0.2, 0.25) is 0 Å². The number of hydrogen-bond donors (Lipinski definition) is 1. The van der Waals surface area contributed by atoms with Crippen LogP contribution >= 0.6 is 0 Å². The zero-order valence-electron chi connectivity index (χ0n) is 13.3. The molecule has 2 unspecified atom stereocenters. The number of benzene rings is 1. The summed E-state index contributed by atoms with van der Waals surface area (Å²) in [6.07, 6.45) is 0.810. The molecule has 5 nitrogen and oxygen atoms in total. The molecule has 0 aliphatic carbocycles. The molecule has 2 saturated heterocycles. The molecule has 126 valence electrons. The molecule has 1 amide bonds. The van der Waals surface area contributed by atoms with Crippen LogP contribution < -0.4 is 5.73 Å². The molecule has 0 spiro atoms. The maximum atomic E-state index is 13.1. The number of carbonyl (C=O) groups is 1. The van der Waals surface area contributed by atoms with Crippen molar-refractivity contribution in [2.24, 2.45) is 5.73 Å². The molecule has 2 aliphatic heterocycles. The lowest BCUT2D eigenvalue weighted by atomic mass is 10.1. The number of amides is 1. The van der Waals surface area contributed by atoms with Gasteiger partial charge in [0, 0.05) is 13.1 Å². The molecule has 0 bridgehead atoms. The van der Waals surface area contributed by atoms with Crippen LogP contribution in [-0.2, 0) is 14.3 Å². The quantitative estimate of drug-likeness (QED) is 0.918. The van der Waals surface area contributed by atoms with Crippen LogP contribution in [0.3, 0.4) is 0 Å². The van der Waals surface area contributed by atoms with Crippen molar-refractivity contribution in [1.29, 1.82) is 0 Å². The van der Waals surface area contributed by atoms with Crippen molar-refractivity contribution in [1.82, 2.24) is 4.90 Å². The lowest BCUT2D eigenvalue weighted by molar-refractivity contribution is -0.155. The van der Waals surface area contributed by atoms with Crippen LogP contribution in [0, 0.1) is 5.82 Å². The Balaban J connectivity index is 1.68.